The molecule has 1 N–H and O–H groups in total. The largest absolute Gasteiger partial charge is 0.337 e. The molecule has 2 heterocycles. The maximum Gasteiger partial charge on any atom is 0.253 e. The van der Waals surface area contributed by atoms with Gasteiger partial charge >= 0.3 is 0 Å². The van der Waals surface area contributed by atoms with Gasteiger partial charge in [-0.3, -0.25) is 4.79 Å². The van der Waals surface area contributed by atoms with E-state index in [1.54, 1.807) is 0 Å². The SMILES string of the molecule is Cc1cc(C)n(-c2ccc(C(=O)N3CCCNCC3)cc2)n1.Cl. The van der Waals surface area contributed by atoms with E-state index in [9.17, 15) is 4.79 Å². The van der Waals surface area contributed by atoms with Crippen LogP contribution in [0.5, 0.6) is 0 Å². The Bertz CT molecular complexity index is 658. The van der Waals surface area contributed by atoms with Crippen molar-refractivity contribution in [3.8, 4) is 5.69 Å². The summed E-state index contributed by atoms with van der Waals surface area (Å²) in [6.45, 7) is 7.47. The van der Waals surface area contributed by atoms with Crippen molar-refractivity contribution in [1.29, 1.82) is 0 Å². The van der Waals surface area contributed by atoms with Gasteiger partial charge < -0.3 is 10.2 Å². The summed E-state index contributed by atoms with van der Waals surface area (Å²) in [5.74, 6) is 0.114. The van der Waals surface area contributed by atoms with Crippen molar-refractivity contribution in [2.45, 2.75) is 20.3 Å². The average molecular weight is 335 g/mol. The molecular formula is C17H23ClN4O. The van der Waals surface area contributed by atoms with Gasteiger partial charge in [-0.05, 0) is 57.1 Å². The van der Waals surface area contributed by atoms with Gasteiger partial charge in [-0.15, -0.1) is 12.4 Å². The van der Waals surface area contributed by atoms with Gasteiger partial charge in [-0.25, -0.2) is 4.68 Å². The van der Waals surface area contributed by atoms with Gasteiger partial charge in [0, 0.05) is 30.9 Å². The van der Waals surface area contributed by atoms with Crippen LogP contribution in [0.2, 0.25) is 0 Å². The molecule has 2 aromatic rings. The molecule has 1 aromatic carbocycles. The average Bonchev–Trinajstić information content (AvgIpc) is 2.73. The Hall–Kier alpha value is -1.85. The third-order valence-electron chi connectivity index (χ3n) is 4.00. The first-order chi connectivity index (χ1) is 10.6. The Labute approximate surface area is 143 Å². The zero-order chi connectivity index (χ0) is 15.5. The summed E-state index contributed by atoms with van der Waals surface area (Å²) in [5, 5.41) is 7.79. The summed E-state index contributed by atoms with van der Waals surface area (Å²) >= 11 is 0. The highest BCUT2D eigenvalue weighted by Gasteiger charge is 2.17. The van der Waals surface area contributed by atoms with Crippen LogP contribution in [-0.2, 0) is 0 Å². The Morgan fingerprint density at radius 2 is 1.87 bits per heavy atom. The maximum absolute atomic E-state index is 12.5. The number of rotatable bonds is 2. The van der Waals surface area contributed by atoms with Gasteiger partial charge in [0.25, 0.3) is 5.91 Å². The lowest BCUT2D eigenvalue weighted by atomic mass is 10.1. The number of hydrogen-bond acceptors (Lipinski definition) is 3. The maximum atomic E-state index is 12.5. The smallest absolute Gasteiger partial charge is 0.253 e. The van der Waals surface area contributed by atoms with Crippen LogP contribution in [0.3, 0.4) is 0 Å². The zero-order valence-electron chi connectivity index (χ0n) is 13.6. The van der Waals surface area contributed by atoms with E-state index >= 15 is 0 Å². The van der Waals surface area contributed by atoms with Crippen LogP contribution in [0.25, 0.3) is 5.69 Å². The first kappa shape index (κ1) is 17.5. The van der Waals surface area contributed by atoms with Crippen LogP contribution in [0.4, 0.5) is 0 Å². The molecule has 3 rings (SSSR count). The summed E-state index contributed by atoms with van der Waals surface area (Å²) < 4.78 is 1.90. The lowest BCUT2D eigenvalue weighted by Gasteiger charge is -2.20. The molecule has 0 spiro atoms. The number of carbonyl (C=O) groups is 1. The molecule has 1 aliphatic heterocycles. The number of aryl methyl sites for hydroxylation is 2. The summed E-state index contributed by atoms with van der Waals surface area (Å²) in [4.78, 5) is 14.5. The molecule has 124 valence electrons. The van der Waals surface area contributed by atoms with Gasteiger partial charge in [0.2, 0.25) is 0 Å². The van der Waals surface area contributed by atoms with E-state index in [2.05, 4.69) is 10.4 Å². The number of hydrogen-bond donors (Lipinski definition) is 1. The van der Waals surface area contributed by atoms with E-state index in [4.69, 9.17) is 0 Å². The monoisotopic (exact) mass is 334 g/mol. The van der Waals surface area contributed by atoms with Crippen LogP contribution in [0.1, 0.15) is 28.2 Å². The first-order valence-electron chi connectivity index (χ1n) is 7.79. The minimum Gasteiger partial charge on any atom is -0.337 e. The van der Waals surface area contributed by atoms with Gasteiger partial charge in [-0.2, -0.15) is 5.10 Å². The van der Waals surface area contributed by atoms with E-state index < -0.39 is 0 Å². The van der Waals surface area contributed by atoms with E-state index in [0.717, 1.165) is 55.2 Å². The van der Waals surface area contributed by atoms with E-state index in [-0.39, 0.29) is 18.3 Å². The number of halogens is 1. The molecule has 5 nitrogen and oxygen atoms in total. The van der Waals surface area contributed by atoms with E-state index in [1.165, 1.54) is 0 Å². The minimum atomic E-state index is 0. The lowest BCUT2D eigenvalue weighted by Crippen LogP contribution is -2.34. The van der Waals surface area contributed by atoms with Crippen LogP contribution < -0.4 is 5.32 Å². The van der Waals surface area contributed by atoms with Crippen molar-refractivity contribution in [2.75, 3.05) is 26.2 Å². The molecule has 0 atom stereocenters. The molecule has 1 saturated heterocycles. The second kappa shape index (κ2) is 7.62. The zero-order valence-corrected chi connectivity index (χ0v) is 14.4. The van der Waals surface area contributed by atoms with Crippen molar-refractivity contribution in [2.24, 2.45) is 0 Å². The minimum absolute atomic E-state index is 0. The van der Waals surface area contributed by atoms with Gasteiger partial charge in [0.1, 0.15) is 0 Å². The highest BCUT2D eigenvalue weighted by Crippen LogP contribution is 2.14. The summed E-state index contributed by atoms with van der Waals surface area (Å²) in [6.07, 6.45) is 1.01. The van der Waals surface area contributed by atoms with E-state index in [0.29, 0.717) is 0 Å². The fourth-order valence-electron chi connectivity index (χ4n) is 2.87. The molecule has 1 fully saturated rings. The number of benzene rings is 1. The number of carbonyl (C=O) groups excluding carboxylic acids is 1. The Kier molecular flexibility index (Phi) is 5.80. The number of nitrogens with one attached hydrogen (secondary N) is 1. The van der Waals surface area contributed by atoms with E-state index in [1.807, 2.05) is 53.8 Å². The predicted octanol–water partition coefficient (Wildman–Crippen LogP) is 2.35. The van der Waals surface area contributed by atoms with Crippen LogP contribution in [-0.4, -0.2) is 46.8 Å². The summed E-state index contributed by atoms with van der Waals surface area (Å²) in [7, 11) is 0. The van der Waals surface area contributed by atoms with Crippen LogP contribution >= 0.6 is 12.4 Å². The first-order valence-corrected chi connectivity index (χ1v) is 7.79. The Morgan fingerprint density at radius 3 is 2.52 bits per heavy atom. The van der Waals surface area contributed by atoms with Crippen molar-refractivity contribution < 1.29 is 4.79 Å². The fourth-order valence-corrected chi connectivity index (χ4v) is 2.87. The Balaban J connectivity index is 0.00000192. The summed E-state index contributed by atoms with van der Waals surface area (Å²) in [6, 6.07) is 9.76. The third-order valence-corrected chi connectivity index (χ3v) is 4.00. The van der Waals surface area contributed by atoms with Crippen molar-refractivity contribution in [3.63, 3.8) is 0 Å². The molecule has 1 aliphatic rings. The molecule has 6 heteroatoms. The van der Waals surface area contributed by atoms with Crippen molar-refractivity contribution >= 4 is 18.3 Å². The standard InChI is InChI=1S/C17H22N4O.ClH/c1-13-12-14(2)21(19-13)16-6-4-15(5-7-16)17(22)20-10-3-8-18-9-11-20;/h4-7,12,18H,3,8-11H2,1-2H3;1H. The molecule has 0 saturated carbocycles. The van der Waals surface area contributed by atoms with Crippen molar-refractivity contribution in [1.82, 2.24) is 20.0 Å². The normalized spacial score (nSPS) is 15.0. The number of aromatic nitrogens is 2. The number of amides is 1. The predicted molar refractivity (Wildman–Crippen MR) is 93.7 cm³/mol. The van der Waals surface area contributed by atoms with Gasteiger partial charge in [-0.1, -0.05) is 0 Å². The van der Waals surface area contributed by atoms with Crippen LogP contribution in [0, 0.1) is 13.8 Å². The quantitative estimate of drug-likeness (QED) is 0.917. The molecule has 1 aromatic heterocycles. The molecule has 23 heavy (non-hydrogen) atoms. The van der Waals surface area contributed by atoms with Crippen LogP contribution in [0.15, 0.2) is 30.3 Å². The number of nitrogens with zero attached hydrogens (tertiary/aromatic N) is 3. The second-order valence-electron chi connectivity index (χ2n) is 5.78. The lowest BCUT2D eigenvalue weighted by molar-refractivity contribution is 0.0766. The molecule has 0 bridgehead atoms. The highest BCUT2D eigenvalue weighted by atomic mass is 35.5. The topological polar surface area (TPSA) is 50.2 Å². The fraction of sp³-hybridized carbons (Fsp3) is 0.412. The van der Waals surface area contributed by atoms with Gasteiger partial charge in [0.05, 0.1) is 11.4 Å². The summed E-state index contributed by atoms with van der Waals surface area (Å²) in [5.41, 5.74) is 3.82. The Morgan fingerprint density at radius 1 is 1.13 bits per heavy atom. The third kappa shape index (κ3) is 3.92. The molecule has 0 aliphatic carbocycles. The molecule has 0 radical (unpaired) electrons. The molecular weight excluding hydrogens is 312 g/mol. The van der Waals surface area contributed by atoms with Crippen molar-refractivity contribution in [3.05, 3.63) is 47.3 Å². The molecule has 0 unspecified atom stereocenters. The highest BCUT2D eigenvalue weighted by molar-refractivity contribution is 5.94. The van der Waals surface area contributed by atoms with Gasteiger partial charge in [0.15, 0.2) is 0 Å². The second-order valence-corrected chi connectivity index (χ2v) is 5.78. The molecule has 1 amide bonds.